The van der Waals surface area contributed by atoms with Crippen LogP contribution in [-0.2, 0) is 6.42 Å². The molecule has 1 aliphatic rings. The first-order chi connectivity index (χ1) is 14.6. The molecule has 0 fully saturated rings. The van der Waals surface area contributed by atoms with E-state index in [0.717, 1.165) is 36.1 Å². The van der Waals surface area contributed by atoms with Crippen molar-refractivity contribution in [3.05, 3.63) is 77.7 Å². The average Bonchev–Trinajstić information content (AvgIpc) is 3.21. The maximum absolute atomic E-state index is 12.6. The number of hydrogen-bond donors (Lipinski definition) is 4. The van der Waals surface area contributed by atoms with Crippen molar-refractivity contribution in [1.82, 2.24) is 5.32 Å². The van der Waals surface area contributed by atoms with E-state index in [2.05, 4.69) is 21.3 Å². The fraction of sp³-hybridized carbons (Fsp3) is 0.217. The zero-order chi connectivity index (χ0) is 20.9. The van der Waals surface area contributed by atoms with Crippen LogP contribution in [0.25, 0.3) is 0 Å². The van der Waals surface area contributed by atoms with Crippen LogP contribution in [-0.4, -0.2) is 12.1 Å². The number of para-hydroxylation sites is 1. The molecule has 4 rings (SSSR count). The van der Waals surface area contributed by atoms with E-state index in [0.29, 0.717) is 17.1 Å². The van der Waals surface area contributed by atoms with E-state index in [1.54, 1.807) is 18.4 Å². The molecule has 1 unspecified atom stereocenters. The number of furan rings is 1. The highest BCUT2D eigenvalue weighted by atomic mass is 16.3. The van der Waals surface area contributed by atoms with Gasteiger partial charge in [-0.05, 0) is 55.7 Å². The van der Waals surface area contributed by atoms with Crippen LogP contribution in [0.4, 0.5) is 26.7 Å². The third-order valence-electron chi connectivity index (χ3n) is 5.13. The molecule has 30 heavy (non-hydrogen) atoms. The SMILES string of the molecule is Cc1ccc(NC(=O)Nc2ccccc2)cc1NC(=O)NC1CCCc2occc21. The highest BCUT2D eigenvalue weighted by Gasteiger charge is 2.24. The van der Waals surface area contributed by atoms with Gasteiger partial charge in [-0.15, -0.1) is 0 Å². The number of fused-ring (bicyclic) bond motifs is 1. The van der Waals surface area contributed by atoms with Gasteiger partial charge >= 0.3 is 12.1 Å². The Kier molecular flexibility index (Phi) is 5.70. The predicted molar refractivity (Wildman–Crippen MR) is 117 cm³/mol. The van der Waals surface area contributed by atoms with Crippen LogP contribution in [0.2, 0.25) is 0 Å². The summed E-state index contributed by atoms with van der Waals surface area (Å²) in [6.45, 7) is 1.90. The van der Waals surface area contributed by atoms with Crippen molar-refractivity contribution in [2.24, 2.45) is 0 Å². The van der Waals surface area contributed by atoms with Gasteiger partial charge < -0.3 is 25.7 Å². The van der Waals surface area contributed by atoms with Gasteiger partial charge in [0, 0.05) is 29.0 Å². The minimum atomic E-state index is -0.352. The number of aryl methyl sites for hydroxylation is 2. The molecule has 1 atom stereocenters. The van der Waals surface area contributed by atoms with E-state index in [1.807, 2.05) is 49.4 Å². The minimum Gasteiger partial charge on any atom is -0.469 e. The van der Waals surface area contributed by atoms with Crippen molar-refractivity contribution in [3.63, 3.8) is 0 Å². The Morgan fingerprint density at radius 1 is 0.933 bits per heavy atom. The Hall–Kier alpha value is -3.74. The van der Waals surface area contributed by atoms with Crippen molar-refractivity contribution < 1.29 is 14.0 Å². The van der Waals surface area contributed by atoms with E-state index >= 15 is 0 Å². The van der Waals surface area contributed by atoms with Gasteiger partial charge in [0.25, 0.3) is 0 Å². The number of carbonyl (C=O) groups excluding carboxylic acids is 2. The summed E-state index contributed by atoms with van der Waals surface area (Å²) < 4.78 is 5.48. The summed E-state index contributed by atoms with van der Waals surface area (Å²) in [5, 5.41) is 11.5. The standard InChI is InChI=1S/C23H24N4O3/c1-15-10-11-17(25-22(28)24-16-6-3-2-4-7-16)14-20(15)27-23(29)26-19-8-5-9-21-18(19)12-13-30-21/h2-4,6-7,10-14,19H,5,8-9H2,1H3,(H2,24,25,28)(H2,26,27,29). The second-order valence-corrected chi connectivity index (χ2v) is 7.32. The normalized spacial score (nSPS) is 15.0. The van der Waals surface area contributed by atoms with Crippen LogP contribution in [0.5, 0.6) is 0 Å². The average molecular weight is 404 g/mol. The predicted octanol–water partition coefficient (Wildman–Crippen LogP) is 5.43. The molecule has 0 aliphatic heterocycles. The smallest absolute Gasteiger partial charge is 0.323 e. The molecule has 0 saturated heterocycles. The molecule has 3 aromatic rings. The summed E-state index contributed by atoms with van der Waals surface area (Å²) in [5.74, 6) is 0.943. The molecule has 1 heterocycles. The molecule has 2 aromatic carbocycles. The fourth-order valence-corrected chi connectivity index (χ4v) is 3.60. The van der Waals surface area contributed by atoms with E-state index in [4.69, 9.17) is 4.42 Å². The van der Waals surface area contributed by atoms with Crippen molar-refractivity contribution in [1.29, 1.82) is 0 Å². The largest absolute Gasteiger partial charge is 0.469 e. The lowest BCUT2D eigenvalue weighted by Crippen LogP contribution is -2.34. The highest BCUT2D eigenvalue weighted by Crippen LogP contribution is 2.30. The molecule has 4 amide bonds. The Balaban J connectivity index is 1.38. The Morgan fingerprint density at radius 2 is 1.73 bits per heavy atom. The first kappa shape index (κ1) is 19.6. The summed E-state index contributed by atoms with van der Waals surface area (Å²) in [5.41, 5.74) is 3.85. The van der Waals surface area contributed by atoms with Gasteiger partial charge in [0.05, 0.1) is 12.3 Å². The lowest BCUT2D eigenvalue weighted by molar-refractivity contribution is 0.246. The molecule has 4 N–H and O–H groups in total. The van der Waals surface area contributed by atoms with Crippen LogP contribution in [0.1, 0.15) is 35.8 Å². The maximum atomic E-state index is 12.6. The Labute approximate surface area is 174 Å². The third kappa shape index (κ3) is 4.63. The maximum Gasteiger partial charge on any atom is 0.323 e. The molecular weight excluding hydrogens is 380 g/mol. The first-order valence-corrected chi connectivity index (χ1v) is 9.96. The van der Waals surface area contributed by atoms with Crippen LogP contribution in [0.3, 0.4) is 0 Å². The van der Waals surface area contributed by atoms with E-state index < -0.39 is 0 Å². The topological polar surface area (TPSA) is 95.4 Å². The summed E-state index contributed by atoms with van der Waals surface area (Å²) in [4.78, 5) is 24.8. The number of benzene rings is 2. The van der Waals surface area contributed by atoms with Gasteiger partial charge in [0.15, 0.2) is 0 Å². The summed E-state index contributed by atoms with van der Waals surface area (Å²) in [6, 6.07) is 15.8. The van der Waals surface area contributed by atoms with E-state index in [-0.39, 0.29) is 18.1 Å². The zero-order valence-electron chi connectivity index (χ0n) is 16.7. The van der Waals surface area contributed by atoms with E-state index in [9.17, 15) is 9.59 Å². The van der Waals surface area contributed by atoms with Crippen LogP contribution < -0.4 is 21.3 Å². The Morgan fingerprint density at radius 3 is 2.57 bits per heavy atom. The number of rotatable bonds is 4. The molecule has 7 nitrogen and oxygen atoms in total. The molecule has 0 saturated carbocycles. The third-order valence-corrected chi connectivity index (χ3v) is 5.13. The monoisotopic (exact) mass is 404 g/mol. The molecular formula is C23H24N4O3. The van der Waals surface area contributed by atoms with Crippen LogP contribution >= 0.6 is 0 Å². The number of urea groups is 2. The number of amides is 4. The summed E-state index contributed by atoms with van der Waals surface area (Å²) in [6.07, 6.45) is 4.42. The zero-order valence-corrected chi connectivity index (χ0v) is 16.7. The second kappa shape index (κ2) is 8.73. The van der Waals surface area contributed by atoms with Gasteiger partial charge in [0.1, 0.15) is 5.76 Å². The van der Waals surface area contributed by atoms with Gasteiger partial charge in [-0.2, -0.15) is 0 Å². The van der Waals surface area contributed by atoms with Crippen LogP contribution in [0.15, 0.2) is 65.3 Å². The van der Waals surface area contributed by atoms with Gasteiger partial charge in [-0.1, -0.05) is 24.3 Å². The van der Waals surface area contributed by atoms with Gasteiger partial charge in [-0.25, -0.2) is 9.59 Å². The Bertz CT molecular complexity index is 1050. The highest BCUT2D eigenvalue weighted by molar-refractivity contribution is 6.00. The van der Waals surface area contributed by atoms with Crippen LogP contribution in [0, 0.1) is 6.92 Å². The molecule has 1 aromatic heterocycles. The second-order valence-electron chi connectivity index (χ2n) is 7.32. The lowest BCUT2D eigenvalue weighted by Gasteiger charge is -2.23. The lowest BCUT2D eigenvalue weighted by atomic mass is 9.93. The van der Waals surface area contributed by atoms with Crippen molar-refractivity contribution in [2.45, 2.75) is 32.2 Å². The first-order valence-electron chi connectivity index (χ1n) is 9.96. The quantitative estimate of drug-likeness (QED) is 0.467. The molecule has 1 aliphatic carbocycles. The number of anilines is 3. The van der Waals surface area contributed by atoms with Gasteiger partial charge in [-0.3, -0.25) is 0 Å². The minimum absolute atomic E-state index is 0.0641. The van der Waals surface area contributed by atoms with E-state index in [1.165, 1.54) is 0 Å². The summed E-state index contributed by atoms with van der Waals surface area (Å²) >= 11 is 0. The molecule has 154 valence electrons. The fourth-order valence-electron chi connectivity index (χ4n) is 3.60. The van der Waals surface area contributed by atoms with Crippen molar-refractivity contribution in [2.75, 3.05) is 16.0 Å². The van der Waals surface area contributed by atoms with Crippen molar-refractivity contribution in [3.8, 4) is 0 Å². The van der Waals surface area contributed by atoms with Gasteiger partial charge in [0.2, 0.25) is 0 Å². The molecule has 7 heteroatoms. The van der Waals surface area contributed by atoms with Crippen molar-refractivity contribution >= 4 is 29.1 Å². The molecule has 0 spiro atoms. The molecule has 0 radical (unpaired) electrons. The number of hydrogen-bond acceptors (Lipinski definition) is 3. The number of carbonyl (C=O) groups is 2. The summed E-state index contributed by atoms with van der Waals surface area (Å²) in [7, 11) is 0. The number of nitrogens with one attached hydrogen (secondary N) is 4. The molecule has 0 bridgehead atoms.